The van der Waals surface area contributed by atoms with E-state index in [1.165, 1.54) is 56.9 Å². The molecule has 0 heteroatoms. The molecule has 0 bridgehead atoms. The van der Waals surface area contributed by atoms with Crippen LogP contribution in [0, 0.1) is 28.6 Å². The first-order chi connectivity index (χ1) is 9.95. The molecule has 0 saturated heterocycles. The van der Waals surface area contributed by atoms with Crippen LogP contribution >= 0.6 is 0 Å². The molecule has 0 radical (unpaired) electrons. The van der Waals surface area contributed by atoms with Gasteiger partial charge in [0.15, 0.2) is 0 Å². The Morgan fingerprint density at radius 3 is 2.48 bits per heavy atom. The Balaban J connectivity index is 1.70. The minimum Gasteiger partial charge on any atom is -0.0993 e. The first kappa shape index (κ1) is 13.9. The number of fused-ring (bicyclic) bond motifs is 5. The Labute approximate surface area is 130 Å². The zero-order valence-corrected chi connectivity index (χ0v) is 13.9. The van der Waals surface area contributed by atoms with Crippen LogP contribution < -0.4 is 0 Å². The van der Waals surface area contributed by atoms with E-state index in [2.05, 4.69) is 33.1 Å². The molecule has 0 aromatic heterocycles. The van der Waals surface area contributed by atoms with Gasteiger partial charge in [-0.1, -0.05) is 49.8 Å². The van der Waals surface area contributed by atoms with Crippen molar-refractivity contribution in [1.82, 2.24) is 0 Å². The Morgan fingerprint density at radius 1 is 0.905 bits per heavy atom. The monoisotopic (exact) mass is 282 g/mol. The smallest absolute Gasteiger partial charge is 0.00790 e. The van der Waals surface area contributed by atoms with Gasteiger partial charge >= 0.3 is 0 Å². The van der Waals surface area contributed by atoms with Gasteiger partial charge in [0.25, 0.3) is 0 Å². The van der Waals surface area contributed by atoms with Crippen molar-refractivity contribution in [3.05, 3.63) is 36.0 Å². The molecule has 3 unspecified atom stereocenters. The number of hydrogen-bond acceptors (Lipinski definition) is 0. The summed E-state index contributed by atoms with van der Waals surface area (Å²) in [6, 6.07) is 0. The maximum Gasteiger partial charge on any atom is -0.00790 e. The van der Waals surface area contributed by atoms with Crippen molar-refractivity contribution < 1.29 is 0 Å². The van der Waals surface area contributed by atoms with E-state index in [1.807, 2.05) is 0 Å². The van der Waals surface area contributed by atoms with E-state index >= 15 is 0 Å². The maximum absolute atomic E-state index is 4.43. The fourth-order valence-corrected chi connectivity index (χ4v) is 6.56. The Bertz CT molecular complexity index is 536. The topological polar surface area (TPSA) is 0 Å². The lowest BCUT2D eigenvalue weighted by molar-refractivity contribution is -0.0236. The van der Waals surface area contributed by atoms with E-state index in [4.69, 9.17) is 0 Å². The Morgan fingerprint density at radius 2 is 1.67 bits per heavy atom. The highest BCUT2D eigenvalue weighted by atomic mass is 14.6. The van der Waals surface area contributed by atoms with Crippen molar-refractivity contribution in [1.29, 1.82) is 0 Å². The standard InChI is InChI=1S/C21H30/c1-14-9-11-21(4)16(13-14)6-7-17-18-8-5-15(2)20(18,3)12-10-19(17)21/h13,17-19H,1-2,5-12H2,3-4H3/t17?,18?,19?,20-,21+/m1/s1. The summed E-state index contributed by atoms with van der Waals surface area (Å²) in [5.41, 5.74) is 5.62. The molecule has 21 heavy (non-hydrogen) atoms. The van der Waals surface area contributed by atoms with Crippen LogP contribution in [0.1, 0.15) is 65.2 Å². The minimum absolute atomic E-state index is 0.469. The third kappa shape index (κ3) is 1.74. The lowest BCUT2D eigenvalue weighted by atomic mass is 9.47. The molecule has 5 atom stereocenters. The largest absolute Gasteiger partial charge is 0.0993 e. The molecule has 0 spiro atoms. The molecule has 0 amide bonds. The van der Waals surface area contributed by atoms with Crippen LogP contribution in [0.2, 0.25) is 0 Å². The quantitative estimate of drug-likeness (QED) is 0.474. The van der Waals surface area contributed by atoms with Crippen molar-refractivity contribution in [2.45, 2.75) is 65.2 Å². The maximum atomic E-state index is 4.43. The number of hydrogen-bond donors (Lipinski definition) is 0. The van der Waals surface area contributed by atoms with E-state index in [0.29, 0.717) is 10.8 Å². The van der Waals surface area contributed by atoms with Gasteiger partial charge in [-0.3, -0.25) is 0 Å². The summed E-state index contributed by atoms with van der Waals surface area (Å²) >= 11 is 0. The van der Waals surface area contributed by atoms with Gasteiger partial charge in [0.05, 0.1) is 0 Å². The third-order valence-corrected chi connectivity index (χ3v) is 8.03. The van der Waals surface area contributed by atoms with Crippen LogP contribution in [0.5, 0.6) is 0 Å². The van der Waals surface area contributed by atoms with Gasteiger partial charge in [0.1, 0.15) is 0 Å². The van der Waals surface area contributed by atoms with Crippen LogP contribution in [0.15, 0.2) is 36.0 Å². The fraction of sp³-hybridized carbons (Fsp3) is 0.714. The lowest BCUT2D eigenvalue weighted by Crippen LogP contribution is -2.49. The predicted octanol–water partition coefficient (Wildman–Crippen LogP) is 6.06. The molecule has 0 aromatic rings. The highest BCUT2D eigenvalue weighted by Gasteiger charge is 2.56. The lowest BCUT2D eigenvalue weighted by Gasteiger charge is -2.57. The minimum atomic E-state index is 0.469. The summed E-state index contributed by atoms with van der Waals surface area (Å²) in [7, 11) is 0. The molecule has 4 aliphatic carbocycles. The van der Waals surface area contributed by atoms with Gasteiger partial charge < -0.3 is 0 Å². The van der Waals surface area contributed by atoms with Gasteiger partial charge in [-0.2, -0.15) is 0 Å². The number of allylic oxidation sites excluding steroid dienone is 4. The molecular formula is C21H30. The summed E-state index contributed by atoms with van der Waals surface area (Å²) in [4.78, 5) is 0. The molecule has 3 fully saturated rings. The van der Waals surface area contributed by atoms with E-state index < -0.39 is 0 Å². The van der Waals surface area contributed by atoms with Gasteiger partial charge in [-0.05, 0) is 80.0 Å². The summed E-state index contributed by atoms with van der Waals surface area (Å²) in [5, 5.41) is 0. The van der Waals surface area contributed by atoms with Crippen molar-refractivity contribution in [3.8, 4) is 0 Å². The second-order valence-electron chi connectivity index (χ2n) is 8.76. The predicted molar refractivity (Wildman–Crippen MR) is 90.0 cm³/mol. The molecule has 3 saturated carbocycles. The zero-order valence-electron chi connectivity index (χ0n) is 13.9. The highest BCUT2D eigenvalue weighted by Crippen LogP contribution is 2.66. The van der Waals surface area contributed by atoms with Gasteiger partial charge in [0.2, 0.25) is 0 Å². The molecule has 114 valence electrons. The van der Waals surface area contributed by atoms with Gasteiger partial charge in [-0.25, -0.2) is 0 Å². The molecule has 0 aliphatic heterocycles. The normalized spacial score (nSPS) is 49.2. The molecule has 4 rings (SSSR count). The molecule has 4 aliphatic rings. The van der Waals surface area contributed by atoms with Crippen molar-refractivity contribution in [3.63, 3.8) is 0 Å². The SMILES string of the molecule is C=C1C=C2CCC3C(CC[C@]4(C)C(=C)CCC34)[C@@]2(C)CC1. The summed E-state index contributed by atoms with van der Waals surface area (Å²) in [6.07, 6.45) is 13.3. The average molecular weight is 282 g/mol. The fourth-order valence-electron chi connectivity index (χ4n) is 6.56. The van der Waals surface area contributed by atoms with Crippen LogP contribution in [0.3, 0.4) is 0 Å². The number of rotatable bonds is 0. The second-order valence-corrected chi connectivity index (χ2v) is 8.76. The van der Waals surface area contributed by atoms with Crippen LogP contribution in [-0.4, -0.2) is 0 Å². The van der Waals surface area contributed by atoms with Crippen molar-refractivity contribution in [2.24, 2.45) is 28.6 Å². The molecule has 0 heterocycles. The molecule has 0 nitrogen and oxygen atoms in total. The van der Waals surface area contributed by atoms with Crippen molar-refractivity contribution >= 4 is 0 Å². The summed E-state index contributed by atoms with van der Waals surface area (Å²) in [5.74, 6) is 2.80. The molecule has 0 aromatic carbocycles. The van der Waals surface area contributed by atoms with Gasteiger partial charge in [-0.15, -0.1) is 0 Å². The van der Waals surface area contributed by atoms with Crippen molar-refractivity contribution in [2.75, 3.05) is 0 Å². The molecular weight excluding hydrogens is 252 g/mol. The average Bonchev–Trinajstić information content (AvgIpc) is 2.76. The van der Waals surface area contributed by atoms with Crippen LogP contribution in [0.25, 0.3) is 0 Å². The summed E-state index contributed by atoms with van der Waals surface area (Å²) < 4.78 is 0. The highest BCUT2D eigenvalue weighted by molar-refractivity contribution is 5.34. The molecule has 0 N–H and O–H groups in total. The van der Waals surface area contributed by atoms with E-state index in [-0.39, 0.29) is 0 Å². The Kier molecular flexibility index (Phi) is 2.88. The van der Waals surface area contributed by atoms with E-state index in [9.17, 15) is 0 Å². The third-order valence-electron chi connectivity index (χ3n) is 8.03. The zero-order chi connectivity index (χ0) is 14.8. The Hall–Kier alpha value is -0.780. The van der Waals surface area contributed by atoms with Crippen LogP contribution in [0.4, 0.5) is 0 Å². The first-order valence-corrected chi connectivity index (χ1v) is 9.02. The second kappa shape index (κ2) is 4.37. The summed E-state index contributed by atoms with van der Waals surface area (Å²) in [6.45, 7) is 13.8. The van der Waals surface area contributed by atoms with E-state index in [0.717, 1.165) is 17.8 Å². The first-order valence-electron chi connectivity index (χ1n) is 9.02. The van der Waals surface area contributed by atoms with Gasteiger partial charge in [0, 0.05) is 0 Å². The van der Waals surface area contributed by atoms with E-state index in [1.54, 1.807) is 11.1 Å². The van der Waals surface area contributed by atoms with Crippen LogP contribution in [-0.2, 0) is 0 Å².